The molecule has 0 saturated carbocycles. The van der Waals surface area contributed by atoms with Crippen molar-refractivity contribution in [1.82, 2.24) is 15.5 Å². The minimum absolute atomic E-state index is 0.102. The van der Waals surface area contributed by atoms with Crippen molar-refractivity contribution in [2.75, 3.05) is 19.6 Å². The average Bonchev–Trinajstić information content (AvgIpc) is 3.15. The van der Waals surface area contributed by atoms with E-state index in [1.807, 2.05) is 4.90 Å². The topological polar surface area (TPSA) is 81.7 Å². The Morgan fingerprint density at radius 2 is 1.87 bits per heavy atom. The third-order valence-electron chi connectivity index (χ3n) is 6.02. The van der Waals surface area contributed by atoms with E-state index in [4.69, 9.17) is 0 Å². The molecule has 2 heterocycles. The lowest BCUT2D eigenvalue weighted by atomic mass is 9.92. The number of amides is 2. The highest BCUT2D eigenvalue weighted by Crippen LogP contribution is 2.24. The number of carbonyl (C=O) groups excluding carboxylic acids is 2. The highest BCUT2D eigenvalue weighted by atomic mass is 19.1. The van der Waals surface area contributed by atoms with Gasteiger partial charge in [0.15, 0.2) is 0 Å². The second kappa shape index (κ2) is 10.3. The number of rotatable bonds is 7. The molecule has 2 fully saturated rings. The summed E-state index contributed by atoms with van der Waals surface area (Å²) < 4.78 is 27.1. The van der Waals surface area contributed by atoms with Crippen molar-refractivity contribution in [3.05, 3.63) is 35.4 Å². The second-order valence-electron chi connectivity index (χ2n) is 8.54. The lowest BCUT2D eigenvalue weighted by molar-refractivity contribution is -0.133. The van der Waals surface area contributed by atoms with Crippen LogP contribution in [0, 0.1) is 17.6 Å². The second-order valence-corrected chi connectivity index (χ2v) is 8.54. The van der Waals surface area contributed by atoms with Gasteiger partial charge in [0.2, 0.25) is 11.8 Å². The number of nitrogens with one attached hydrogen (secondary N) is 2. The number of aliphatic hydroxyl groups is 1. The molecule has 0 aromatic heterocycles. The van der Waals surface area contributed by atoms with Gasteiger partial charge in [-0.2, -0.15) is 0 Å². The summed E-state index contributed by atoms with van der Waals surface area (Å²) in [5.74, 6) is -1.45. The molecule has 0 spiro atoms. The van der Waals surface area contributed by atoms with Gasteiger partial charge in [0.1, 0.15) is 11.6 Å². The number of hydrogen-bond donors (Lipinski definition) is 3. The number of aliphatic hydroxyl groups excluding tert-OH is 1. The van der Waals surface area contributed by atoms with Crippen LogP contribution in [0.15, 0.2) is 18.2 Å². The zero-order valence-electron chi connectivity index (χ0n) is 17.4. The molecule has 0 bridgehead atoms. The maximum atomic E-state index is 13.5. The number of hydrogen-bond acceptors (Lipinski definition) is 4. The van der Waals surface area contributed by atoms with Gasteiger partial charge in [-0.05, 0) is 62.3 Å². The van der Waals surface area contributed by atoms with Crippen LogP contribution >= 0.6 is 0 Å². The fourth-order valence-corrected chi connectivity index (χ4v) is 4.56. The highest BCUT2D eigenvalue weighted by Gasteiger charge is 2.35. The number of carbonyl (C=O) groups is 2. The fourth-order valence-electron chi connectivity index (χ4n) is 4.56. The molecular weight excluding hydrogens is 392 g/mol. The fraction of sp³-hybridized carbons (Fsp3) is 0.636. The van der Waals surface area contributed by atoms with Crippen molar-refractivity contribution in [2.24, 2.45) is 5.92 Å². The van der Waals surface area contributed by atoms with E-state index in [0.29, 0.717) is 24.9 Å². The summed E-state index contributed by atoms with van der Waals surface area (Å²) in [7, 11) is 0. The van der Waals surface area contributed by atoms with Crippen LogP contribution in [0.3, 0.4) is 0 Å². The Morgan fingerprint density at radius 3 is 2.50 bits per heavy atom. The van der Waals surface area contributed by atoms with Crippen molar-refractivity contribution in [2.45, 2.75) is 63.6 Å². The minimum atomic E-state index is -0.949. The van der Waals surface area contributed by atoms with E-state index in [2.05, 4.69) is 10.6 Å². The number of piperidine rings is 1. The van der Waals surface area contributed by atoms with Gasteiger partial charge in [-0.1, -0.05) is 0 Å². The maximum Gasteiger partial charge on any atom is 0.222 e. The van der Waals surface area contributed by atoms with Crippen LogP contribution in [0.1, 0.15) is 44.6 Å². The van der Waals surface area contributed by atoms with Crippen molar-refractivity contribution < 1.29 is 23.5 Å². The first kappa shape index (κ1) is 22.6. The van der Waals surface area contributed by atoms with Gasteiger partial charge in [-0.25, -0.2) is 8.78 Å². The molecule has 3 rings (SSSR count). The summed E-state index contributed by atoms with van der Waals surface area (Å²) in [6.45, 7) is 3.59. The van der Waals surface area contributed by atoms with Gasteiger partial charge < -0.3 is 20.6 Å². The zero-order valence-corrected chi connectivity index (χ0v) is 17.4. The first-order valence-corrected chi connectivity index (χ1v) is 10.7. The summed E-state index contributed by atoms with van der Waals surface area (Å²) in [5.41, 5.74) is 0.361. The molecule has 4 unspecified atom stereocenters. The van der Waals surface area contributed by atoms with Crippen LogP contribution < -0.4 is 10.6 Å². The molecule has 166 valence electrons. The SMILES string of the molecule is CC(=O)NC(Cc1cc(F)cc(F)c1)C(O)C1CC(CC(=O)N2CCCCC2)CN1. The average molecular weight is 424 g/mol. The Kier molecular flexibility index (Phi) is 7.77. The van der Waals surface area contributed by atoms with Crippen LogP contribution in [0.25, 0.3) is 0 Å². The van der Waals surface area contributed by atoms with E-state index in [1.54, 1.807) is 0 Å². The summed E-state index contributed by atoms with van der Waals surface area (Å²) in [4.78, 5) is 26.1. The van der Waals surface area contributed by atoms with Gasteiger partial charge >= 0.3 is 0 Å². The van der Waals surface area contributed by atoms with E-state index in [1.165, 1.54) is 25.5 Å². The predicted molar refractivity (Wildman–Crippen MR) is 109 cm³/mol. The van der Waals surface area contributed by atoms with Crippen molar-refractivity contribution in [1.29, 1.82) is 0 Å². The van der Waals surface area contributed by atoms with E-state index >= 15 is 0 Å². The molecule has 6 nitrogen and oxygen atoms in total. The molecule has 2 amide bonds. The largest absolute Gasteiger partial charge is 0.389 e. The lowest BCUT2D eigenvalue weighted by Crippen LogP contribution is -2.51. The standard InChI is InChI=1S/C22H31F2N3O3/c1-14(28)26-20(9-15-7-17(23)12-18(24)8-15)22(30)19-10-16(13-25-19)11-21(29)27-5-3-2-4-6-27/h7-8,12,16,19-20,22,25,30H,2-6,9-11,13H2,1H3,(H,26,28). The Bertz CT molecular complexity index is 735. The number of benzene rings is 1. The highest BCUT2D eigenvalue weighted by molar-refractivity contribution is 5.76. The Labute approximate surface area is 176 Å². The summed E-state index contributed by atoms with van der Waals surface area (Å²) in [6.07, 6.45) is 3.47. The molecule has 30 heavy (non-hydrogen) atoms. The third-order valence-corrected chi connectivity index (χ3v) is 6.02. The molecule has 8 heteroatoms. The van der Waals surface area contributed by atoms with E-state index < -0.39 is 23.8 Å². The monoisotopic (exact) mass is 423 g/mol. The van der Waals surface area contributed by atoms with E-state index in [9.17, 15) is 23.5 Å². The summed E-state index contributed by atoms with van der Waals surface area (Å²) in [6, 6.07) is 2.19. The Balaban J connectivity index is 1.59. The third kappa shape index (κ3) is 6.22. The van der Waals surface area contributed by atoms with Gasteiger partial charge in [0.05, 0.1) is 12.1 Å². The smallest absolute Gasteiger partial charge is 0.222 e. The van der Waals surface area contributed by atoms with Gasteiger partial charge in [-0.3, -0.25) is 9.59 Å². The van der Waals surface area contributed by atoms with E-state index in [0.717, 1.165) is 32.0 Å². The quantitative estimate of drug-likeness (QED) is 0.624. The molecule has 3 N–H and O–H groups in total. The first-order chi connectivity index (χ1) is 14.3. The molecule has 0 radical (unpaired) electrons. The maximum absolute atomic E-state index is 13.5. The number of likely N-dealkylation sites (tertiary alicyclic amines) is 1. The van der Waals surface area contributed by atoms with Crippen molar-refractivity contribution in [3.8, 4) is 0 Å². The summed E-state index contributed by atoms with van der Waals surface area (Å²) in [5, 5.41) is 16.9. The number of nitrogens with zero attached hydrogens (tertiary/aromatic N) is 1. The van der Waals surface area contributed by atoms with Crippen molar-refractivity contribution >= 4 is 11.8 Å². The molecule has 0 aliphatic carbocycles. The van der Waals surface area contributed by atoms with Crippen LogP contribution in [0.2, 0.25) is 0 Å². The van der Waals surface area contributed by atoms with Gasteiger partial charge in [0, 0.05) is 38.5 Å². The molecule has 2 aliphatic heterocycles. The lowest BCUT2D eigenvalue weighted by Gasteiger charge is -2.29. The minimum Gasteiger partial charge on any atom is -0.389 e. The van der Waals surface area contributed by atoms with Gasteiger partial charge in [0.25, 0.3) is 0 Å². The van der Waals surface area contributed by atoms with Crippen LogP contribution in [-0.4, -0.2) is 59.6 Å². The Morgan fingerprint density at radius 1 is 1.20 bits per heavy atom. The molecule has 1 aromatic rings. The van der Waals surface area contributed by atoms with E-state index in [-0.39, 0.29) is 30.2 Å². The molecule has 1 aromatic carbocycles. The first-order valence-electron chi connectivity index (χ1n) is 10.7. The zero-order chi connectivity index (χ0) is 21.7. The summed E-state index contributed by atoms with van der Waals surface area (Å²) >= 11 is 0. The van der Waals surface area contributed by atoms with Crippen LogP contribution in [0.4, 0.5) is 8.78 Å². The predicted octanol–water partition coefficient (Wildman–Crippen LogP) is 1.75. The van der Waals surface area contributed by atoms with Crippen LogP contribution in [0.5, 0.6) is 0 Å². The molecule has 4 atom stereocenters. The molecular formula is C22H31F2N3O3. The molecule has 2 saturated heterocycles. The van der Waals surface area contributed by atoms with Crippen molar-refractivity contribution in [3.63, 3.8) is 0 Å². The van der Waals surface area contributed by atoms with Gasteiger partial charge in [-0.15, -0.1) is 0 Å². The van der Waals surface area contributed by atoms with Crippen LogP contribution in [-0.2, 0) is 16.0 Å². The normalized spacial score (nSPS) is 23.8. The molecule has 2 aliphatic rings. The Hall–Kier alpha value is -2.06. The number of halogens is 2.